The molecule has 1 N–H and O–H groups in total. The second-order valence-corrected chi connectivity index (χ2v) is 7.78. The minimum absolute atomic E-state index is 0.170. The number of hydrogen-bond donors (Lipinski definition) is 1. The van der Waals surface area contributed by atoms with Gasteiger partial charge in [-0.1, -0.05) is 0 Å². The molecule has 1 aromatic heterocycles. The zero-order valence-electron chi connectivity index (χ0n) is 13.7. The summed E-state index contributed by atoms with van der Waals surface area (Å²) in [6, 6.07) is 0. The van der Waals surface area contributed by atoms with Crippen LogP contribution in [-0.4, -0.2) is 84.1 Å². The van der Waals surface area contributed by atoms with Gasteiger partial charge in [-0.25, -0.2) is 9.97 Å². The van der Waals surface area contributed by atoms with Crippen molar-refractivity contribution >= 4 is 22.1 Å². The summed E-state index contributed by atoms with van der Waals surface area (Å²) >= 11 is 0. The van der Waals surface area contributed by atoms with Crippen molar-refractivity contribution in [3.8, 4) is 0 Å². The van der Waals surface area contributed by atoms with E-state index in [-0.39, 0.29) is 5.91 Å². The van der Waals surface area contributed by atoms with Gasteiger partial charge in [0.2, 0.25) is 5.95 Å². The number of nitrogens with zero attached hydrogens (tertiary/aromatic N) is 5. The maximum Gasteiger partial charge on any atom is 0.282 e. The Morgan fingerprint density at radius 2 is 1.54 bits per heavy atom. The predicted octanol–water partition coefficient (Wildman–Crippen LogP) is -0.383. The Balaban J connectivity index is 1.60. The number of rotatable bonds is 4. The van der Waals surface area contributed by atoms with E-state index in [0.29, 0.717) is 50.8 Å². The molecule has 0 atom stereocenters. The zero-order chi connectivity index (χ0) is 17.2. The van der Waals surface area contributed by atoms with Gasteiger partial charge in [0.05, 0.1) is 5.56 Å². The molecule has 2 aliphatic rings. The smallest absolute Gasteiger partial charge is 0.282 e. The molecule has 2 fully saturated rings. The number of nitrogens with one attached hydrogen (secondary N) is 1. The number of aromatic nitrogens is 2. The number of carbonyl (C=O) groups excluding carboxylic acids is 1. The molecule has 0 spiro atoms. The number of hydrogen-bond acceptors (Lipinski definition) is 6. The van der Waals surface area contributed by atoms with E-state index in [2.05, 4.69) is 15.3 Å². The molecular formula is C14H22N6O3S. The number of anilines is 1. The molecule has 3 rings (SSSR count). The molecule has 0 radical (unpaired) electrons. The van der Waals surface area contributed by atoms with Crippen LogP contribution in [0.2, 0.25) is 0 Å². The van der Waals surface area contributed by atoms with Crippen molar-refractivity contribution in [1.29, 1.82) is 0 Å². The van der Waals surface area contributed by atoms with Gasteiger partial charge in [0.15, 0.2) is 0 Å². The first-order valence-corrected chi connectivity index (χ1v) is 9.46. The first-order valence-electron chi connectivity index (χ1n) is 8.06. The van der Waals surface area contributed by atoms with Crippen LogP contribution in [0, 0.1) is 0 Å². The summed E-state index contributed by atoms with van der Waals surface area (Å²) in [5.74, 6) is 0.281. The molecule has 0 saturated carbocycles. The van der Waals surface area contributed by atoms with Gasteiger partial charge in [0, 0.05) is 58.7 Å². The van der Waals surface area contributed by atoms with Crippen LogP contribution in [0.4, 0.5) is 5.95 Å². The normalized spacial score (nSPS) is 20.3. The quantitative estimate of drug-likeness (QED) is 0.791. The molecular weight excluding hydrogens is 332 g/mol. The maximum absolute atomic E-state index is 12.5. The lowest BCUT2D eigenvalue weighted by molar-refractivity contribution is 0.0693. The fraction of sp³-hybridized carbons (Fsp3) is 0.643. The van der Waals surface area contributed by atoms with E-state index in [0.717, 1.165) is 12.8 Å². The fourth-order valence-corrected chi connectivity index (χ4v) is 4.63. The topological polar surface area (TPSA) is 98.7 Å². The first kappa shape index (κ1) is 17.1. The van der Waals surface area contributed by atoms with Gasteiger partial charge in [-0.3, -0.25) is 4.79 Å². The van der Waals surface area contributed by atoms with E-state index in [1.165, 1.54) is 21.0 Å². The standard InChI is InChI=1S/C14H22N6O3S/c1-15-14-16-10-12(11-17-14)13(21)18-6-8-20(9-7-18)24(22,23)19-4-2-3-5-19/h10-11H,2-9H2,1H3,(H,15,16,17). The third-order valence-corrected chi connectivity index (χ3v) is 6.40. The van der Waals surface area contributed by atoms with E-state index in [1.54, 1.807) is 11.9 Å². The number of amides is 1. The van der Waals surface area contributed by atoms with E-state index in [9.17, 15) is 13.2 Å². The molecule has 1 aromatic rings. The average Bonchev–Trinajstić information content (AvgIpc) is 3.17. The third kappa shape index (κ3) is 3.35. The monoisotopic (exact) mass is 354 g/mol. The van der Waals surface area contributed by atoms with Crippen molar-refractivity contribution in [2.24, 2.45) is 0 Å². The summed E-state index contributed by atoms with van der Waals surface area (Å²) in [5, 5.41) is 2.80. The third-order valence-electron chi connectivity index (χ3n) is 4.37. The van der Waals surface area contributed by atoms with Gasteiger partial charge in [-0.15, -0.1) is 0 Å². The molecule has 0 bridgehead atoms. The molecule has 10 heteroatoms. The average molecular weight is 354 g/mol. The summed E-state index contributed by atoms with van der Waals surface area (Å²) in [5.41, 5.74) is 0.407. The van der Waals surface area contributed by atoms with Gasteiger partial charge in [0.1, 0.15) is 0 Å². The van der Waals surface area contributed by atoms with Crippen molar-refractivity contribution in [1.82, 2.24) is 23.5 Å². The molecule has 0 aromatic carbocycles. The highest BCUT2D eigenvalue weighted by atomic mass is 32.2. The summed E-state index contributed by atoms with van der Waals surface area (Å²) in [6.07, 6.45) is 4.80. The second-order valence-electron chi connectivity index (χ2n) is 5.85. The van der Waals surface area contributed by atoms with Crippen molar-refractivity contribution in [2.75, 3.05) is 51.6 Å². The van der Waals surface area contributed by atoms with E-state index in [1.807, 2.05) is 0 Å². The van der Waals surface area contributed by atoms with Crippen molar-refractivity contribution in [3.63, 3.8) is 0 Å². The Kier molecular flexibility index (Phi) is 4.97. The highest BCUT2D eigenvalue weighted by Crippen LogP contribution is 2.18. The molecule has 2 saturated heterocycles. The maximum atomic E-state index is 12.5. The summed E-state index contributed by atoms with van der Waals surface area (Å²) < 4.78 is 28.1. The predicted molar refractivity (Wildman–Crippen MR) is 88.8 cm³/mol. The van der Waals surface area contributed by atoms with Crippen LogP contribution in [0.3, 0.4) is 0 Å². The van der Waals surface area contributed by atoms with Crippen molar-refractivity contribution in [3.05, 3.63) is 18.0 Å². The molecule has 24 heavy (non-hydrogen) atoms. The van der Waals surface area contributed by atoms with Crippen LogP contribution in [-0.2, 0) is 10.2 Å². The van der Waals surface area contributed by atoms with Crippen LogP contribution in [0.1, 0.15) is 23.2 Å². The van der Waals surface area contributed by atoms with Crippen LogP contribution in [0.5, 0.6) is 0 Å². The fourth-order valence-electron chi connectivity index (χ4n) is 2.95. The first-order chi connectivity index (χ1) is 11.5. The lowest BCUT2D eigenvalue weighted by Gasteiger charge is -2.35. The molecule has 2 aliphatic heterocycles. The molecule has 0 aliphatic carbocycles. The molecule has 9 nitrogen and oxygen atoms in total. The number of carbonyl (C=O) groups is 1. The van der Waals surface area contributed by atoms with Gasteiger partial charge >= 0.3 is 0 Å². The molecule has 1 amide bonds. The number of piperazine rings is 1. The summed E-state index contributed by atoms with van der Waals surface area (Å²) in [6.45, 7) is 2.58. The Hall–Kier alpha value is -1.78. The van der Waals surface area contributed by atoms with Gasteiger partial charge in [0.25, 0.3) is 16.1 Å². The Bertz CT molecular complexity index is 679. The zero-order valence-corrected chi connectivity index (χ0v) is 14.5. The van der Waals surface area contributed by atoms with Crippen LogP contribution >= 0.6 is 0 Å². The highest BCUT2D eigenvalue weighted by molar-refractivity contribution is 7.86. The molecule has 0 unspecified atom stereocenters. The SMILES string of the molecule is CNc1ncc(C(=O)N2CCN(S(=O)(=O)N3CCCC3)CC2)cn1. The Morgan fingerprint density at radius 1 is 1.00 bits per heavy atom. The van der Waals surface area contributed by atoms with E-state index in [4.69, 9.17) is 0 Å². The van der Waals surface area contributed by atoms with E-state index < -0.39 is 10.2 Å². The van der Waals surface area contributed by atoms with Gasteiger partial charge in [-0.05, 0) is 12.8 Å². The largest absolute Gasteiger partial charge is 0.357 e. The van der Waals surface area contributed by atoms with Crippen molar-refractivity contribution < 1.29 is 13.2 Å². The Morgan fingerprint density at radius 3 is 2.08 bits per heavy atom. The van der Waals surface area contributed by atoms with Crippen LogP contribution < -0.4 is 5.32 Å². The minimum Gasteiger partial charge on any atom is -0.357 e. The highest BCUT2D eigenvalue weighted by Gasteiger charge is 2.34. The van der Waals surface area contributed by atoms with Crippen LogP contribution in [0.25, 0.3) is 0 Å². The lowest BCUT2D eigenvalue weighted by Crippen LogP contribution is -2.53. The Labute approximate surface area is 141 Å². The van der Waals surface area contributed by atoms with Crippen LogP contribution in [0.15, 0.2) is 12.4 Å². The van der Waals surface area contributed by atoms with Crippen molar-refractivity contribution in [2.45, 2.75) is 12.8 Å². The second kappa shape index (κ2) is 6.99. The summed E-state index contributed by atoms with van der Waals surface area (Å²) in [7, 11) is -1.68. The minimum atomic E-state index is -3.39. The lowest BCUT2D eigenvalue weighted by atomic mass is 10.2. The summed E-state index contributed by atoms with van der Waals surface area (Å²) in [4.78, 5) is 22.2. The molecule has 3 heterocycles. The van der Waals surface area contributed by atoms with E-state index >= 15 is 0 Å². The molecule has 132 valence electrons. The van der Waals surface area contributed by atoms with Gasteiger partial charge < -0.3 is 10.2 Å². The van der Waals surface area contributed by atoms with Gasteiger partial charge in [-0.2, -0.15) is 17.0 Å².